The van der Waals surface area contributed by atoms with Crippen LogP contribution in [-0.4, -0.2) is 14.5 Å². The van der Waals surface area contributed by atoms with Crippen molar-refractivity contribution in [1.29, 1.82) is 0 Å². The number of rotatable bonds is 2. The molecule has 0 saturated carbocycles. The third-order valence-corrected chi connectivity index (χ3v) is 3.80. The first-order valence-corrected chi connectivity index (χ1v) is 7.33. The van der Waals surface area contributed by atoms with Gasteiger partial charge in [0.1, 0.15) is 5.02 Å². The number of fused-ring (bicyclic) bond motifs is 1. The van der Waals surface area contributed by atoms with Crippen LogP contribution in [0.4, 0.5) is 13.2 Å². The first-order chi connectivity index (χ1) is 11.3. The highest BCUT2D eigenvalue weighted by Gasteiger charge is 2.32. The van der Waals surface area contributed by atoms with Crippen LogP contribution < -0.4 is 5.56 Å². The van der Waals surface area contributed by atoms with E-state index in [-0.39, 0.29) is 6.54 Å². The number of alkyl halides is 3. The number of para-hydroxylation sites is 2. The fourth-order valence-corrected chi connectivity index (χ4v) is 2.53. The molecule has 2 aromatic heterocycles. The van der Waals surface area contributed by atoms with E-state index >= 15 is 0 Å². The maximum atomic E-state index is 12.9. The summed E-state index contributed by atoms with van der Waals surface area (Å²) in [7, 11) is 0. The van der Waals surface area contributed by atoms with Crippen LogP contribution in [0, 0.1) is 6.92 Å². The van der Waals surface area contributed by atoms with Crippen molar-refractivity contribution in [3.05, 3.63) is 68.9 Å². The van der Waals surface area contributed by atoms with Gasteiger partial charge in [0.25, 0.3) is 5.56 Å². The third kappa shape index (κ3) is 3.12. The Morgan fingerprint density at radius 2 is 1.79 bits per heavy atom. The van der Waals surface area contributed by atoms with Crippen LogP contribution >= 0.6 is 11.6 Å². The quantitative estimate of drug-likeness (QED) is 0.703. The van der Waals surface area contributed by atoms with E-state index in [0.717, 1.165) is 10.8 Å². The minimum Gasteiger partial charge on any atom is -0.308 e. The van der Waals surface area contributed by atoms with Gasteiger partial charge in [0.2, 0.25) is 0 Å². The zero-order valence-electron chi connectivity index (χ0n) is 12.4. The molecule has 0 aliphatic rings. The highest BCUT2D eigenvalue weighted by Crippen LogP contribution is 2.29. The van der Waals surface area contributed by atoms with Crippen LogP contribution in [-0.2, 0) is 12.7 Å². The number of aromatic nitrogens is 3. The van der Waals surface area contributed by atoms with E-state index in [1.165, 1.54) is 0 Å². The maximum Gasteiger partial charge on any atom is 0.417 e. The van der Waals surface area contributed by atoms with Gasteiger partial charge in [-0.25, -0.2) is 9.97 Å². The van der Waals surface area contributed by atoms with Gasteiger partial charge in [0.05, 0.1) is 34.5 Å². The van der Waals surface area contributed by atoms with Crippen molar-refractivity contribution >= 4 is 22.6 Å². The lowest BCUT2D eigenvalue weighted by Gasteiger charge is -2.13. The van der Waals surface area contributed by atoms with Crippen LogP contribution in [0.5, 0.6) is 0 Å². The predicted octanol–water partition coefficient (Wildman–Crippen LogP) is 3.82. The van der Waals surface area contributed by atoms with E-state index in [1.54, 1.807) is 25.1 Å². The van der Waals surface area contributed by atoms with E-state index in [9.17, 15) is 18.0 Å². The average Bonchev–Trinajstić information content (AvgIpc) is 2.51. The normalized spacial score (nSPS) is 11.9. The smallest absolute Gasteiger partial charge is 0.308 e. The SMILES string of the molecule is Cc1nc2ccccc2nc1Cn1cc(C(F)(F)F)cc(Cl)c1=O. The Balaban J connectivity index is 2.10. The lowest BCUT2D eigenvalue weighted by Crippen LogP contribution is -2.24. The average molecular weight is 354 g/mol. The topological polar surface area (TPSA) is 47.8 Å². The summed E-state index contributed by atoms with van der Waals surface area (Å²) < 4.78 is 39.6. The van der Waals surface area contributed by atoms with Gasteiger partial charge in [-0.2, -0.15) is 13.2 Å². The number of aryl methyl sites for hydroxylation is 1. The number of hydrogen-bond acceptors (Lipinski definition) is 3. The zero-order chi connectivity index (χ0) is 17.5. The molecule has 0 radical (unpaired) electrons. The fourth-order valence-electron chi connectivity index (χ4n) is 2.31. The Morgan fingerprint density at radius 1 is 1.17 bits per heavy atom. The molecule has 2 heterocycles. The first kappa shape index (κ1) is 16.4. The van der Waals surface area contributed by atoms with Gasteiger partial charge in [0, 0.05) is 6.20 Å². The zero-order valence-corrected chi connectivity index (χ0v) is 13.2. The van der Waals surface area contributed by atoms with Crippen LogP contribution in [0.1, 0.15) is 17.0 Å². The molecule has 0 aliphatic carbocycles. The van der Waals surface area contributed by atoms with Crippen molar-refractivity contribution in [2.24, 2.45) is 0 Å². The predicted molar refractivity (Wildman–Crippen MR) is 84.1 cm³/mol. The second-order valence-electron chi connectivity index (χ2n) is 5.25. The molecule has 3 rings (SSSR count). The van der Waals surface area contributed by atoms with Gasteiger partial charge < -0.3 is 4.57 Å². The molecular formula is C16H11ClF3N3O. The number of halogens is 4. The van der Waals surface area contributed by atoms with Gasteiger partial charge in [-0.15, -0.1) is 0 Å². The fraction of sp³-hybridized carbons (Fsp3) is 0.188. The summed E-state index contributed by atoms with van der Waals surface area (Å²) in [5.74, 6) is 0. The van der Waals surface area contributed by atoms with E-state index in [1.807, 2.05) is 6.07 Å². The first-order valence-electron chi connectivity index (χ1n) is 6.95. The second kappa shape index (κ2) is 5.90. The molecule has 0 saturated heterocycles. The molecule has 4 nitrogen and oxygen atoms in total. The van der Waals surface area contributed by atoms with Gasteiger partial charge in [0.15, 0.2) is 0 Å². The van der Waals surface area contributed by atoms with E-state index in [4.69, 9.17) is 11.6 Å². The summed E-state index contributed by atoms with van der Waals surface area (Å²) in [4.78, 5) is 20.8. The molecule has 8 heteroatoms. The Morgan fingerprint density at radius 3 is 2.42 bits per heavy atom. The minimum atomic E-state index is -4.59. The molecule has 0 bridgehead atoms. The standard InChI is InChI=1S/C16H11ClF3N3O/c1-9-14(22-13-5-3-2-4-12(13)21-9)8-23-7-10(16(18,19)20)6-11(17)15(23)24/h2-7H,8H2,1H3. The van der Waals surface area contributed by atoms with Gasteiger partial charge in [-0.3, -0.25) is 4.79 Å². The summed E-state index contributed by atoms with van der Waals surface area (Å²) in [6.45, 7) is 1.54. The van der Waals surface area contributed by atoms with Crippen molar-refractivity contribution in [2.45, 2.75) is 19.6 Å². The molecule has 24 heavy (non-hydrogen) atoms. The van der Waals surface area contributed by atoms with Crippen LogP contribution in [0.15, 0.2) is 41.3 Å². The summed E-state index contributed by atoms with van der Waals surface area (Å²) in [5.41, 5.74) is 0.523. The number of benzene rings is 1. The summed E-state index contributed by atoms with van der Waals surface area (Å²) in [6, 6.07) is 7.75. The van der Waals surface area contributed by atoms with Crippen LogP contribution in [0.3, 0.4) is 0 Å². The number of hydrogen-bond donors (Lipinski definition) is 0. The number of pyridine rings is 1. The Kier molecular flexibility index (Phi) is 4.04. The van der Waals surface area contributed by atoms with E-state index < -0.39 is 22.3 Å². The molecule has 1 aromatic carbocycles. The Labute approximate surface area is 139 Å². The molecule has 0 fully saturated rings. The number of nitrogens with zero attached hydrogens (tertiary/aromatic N) is 3. The van der Waals surface area contributed by atoms with Crippen molar-refractivity contribution in [2.75, 3.05) is 0 Å². The minimum absolute atomic E-state index is 0.147. The lowest BCUT2D eigenvalue weighted by molar-refractivity contribution is -0.138. The Hall–Kier alpha value is -2.41. The third-order valence-electron chi connectivity index (χ3n) is 3.53. The van der Waals surface area contributed by atoms with Crippen molar-refractivity contribution in [1.82, 2.24) is 14.5 Å². The highest BCUT2D eigenvalue weighted by atomic mass is 35.5. The van der Waals surface area contributed by atoms with Crippen molar-refractivity contribution < 1.29 is 13.2 Å². The van der Waals surface area contributed by atoms with Crippen LogP contribution in [0.25, 0.3) is 11.0 Å². The molecule has 0 aliphatic heterocycles. The molecule has 0 amide bonds. The summed E-state index contributed by atoms with van der Waals surface area (Å²) in [6.07, 6.45) is -3.85. The van der Waals surface area contributed by atoms with E-state index in [2.05, 4.69) is 9.97 Å². The van der Waals surface area contributed by atoms with Crippen LogP contribution in [0.2, 0.25) is 5.02 Å². The van der Waals surface area contributed by atoms with Crippen molar-refractivity contribution in [3.8, 4) is 0 Å². The molecule has 124 valence electrons. The maximum absolute atomic E-state index is 12.9. The second-order valence-corrected chi connectivity index (χ2v) is 5.66. The van der Waals surface area contributed by atoms with Gasteiger partial charge >= 0.3 is 6.18 Å². The molecular weight excluding hydrogens is 343 g/mol. The summed E-state index contributed by atoms with van der Waals surface area (Å²) in [5, 5.41) is -0.490. The molecule has 0 spiro atoms. The largest absolute Gasteiger partial charge is 0.417 e. The highest BCUT2D eigenvalue weighted by molar-refractivity contribution is 6.30. The molecule has 3 aromatic rings. The van der Waals surface area contributed by atoms with Gasteiger partial charge in [-0.1, -0.05) is 23.7 Å². The van der Waals surface area contributed by atoms with Gasteiger partial charge in [-0.05, 0) is 25.1 Å². The van der Waals surface area contributed by atoms with Crippen molar-refractivity contribution in [3.63, 3.8) is 0 Å². The molecule has 0 N–H and O–H groups in total. The molecule has 0 unspecified atom stereocenters. The van der Waals surface area contributed by atoms with E-state index in [0.29, 0.717) is 28.5 Å². The molecule has 0 atom stereocenters. The monoisotopic (exact) mass is 353 g/mol. The Bertz CT molecular complexity index is 982. The summed E-state index contributed by atoms with van der Waals surface area (Å²) >= 11 is 5.66. The lowest BCUT2D eigenvalue weighted by atomic mass is 10.2.